The fourth-order valence-electron chi connectivity index (χ4n) is 2.22. The Bertz CT molecular complexity index is 359. The number of halogens is 1. The molecule has 0 N–H and O–H groups in total. The number of rotatable bonds is 2. The number of carbonyl (C=O) groups excluding carboxylic acids is 1. The van der Waals surface area contributed by atoms with Crippen molar-refractivity contribution < 1.29 is 4.79 Å². The standard InChI is InChI=1S/C13H15BrO/c14-12-6-3-4-10(9-12)8-11-5-1-2-7-13(11)15/h3-4,6,9,11H,1-2,5,7-8H2/t11-/m0/s1. The fourth-order valence-corrected chi connectivity index (χ4v) is 2.67. The number of hydrogen-bond acceptors (Lipinski definition) is 1. The van der Waals surface area contributed by atoms with E-state index < -0.39 is 0 Å². The van der Waals surface area contributed by atoms with Gasteiger partial charge in [0.25, 0.3) is 0 Å². The second-order valence-electron chi connectivity index (χ2n) is 4.24. The van der Waals surface area contributed by atoms with Crippen molar-refractivity contribution in [1.29, 1.82) is 0 Å². The molecule has 2 rings (SSSR count). The van der Waals surface area contributed by atoms with Crippen LogP contribution < -0.4 is 0 Å². The van der Waals surface area contributed by atoms with Gasteiger partial charge in [0.1, 0.15) is 5.78 Å². The van der Waals surface area contributed by atoms with Gasteiger partial charge in [-0.15, -0.1) is 0 Å². The summed E-state index contributed by atoms with van der Waals surface area (Å²) >= 11 is 3.46. The quantitative estimate of drug-likeness (QED) is 0.797. The molecule has 1 saturated carbocycles. The topological polar surface area (TPSA) is 17.1 Å². The van der Waals surface area contributed by atoms with E-state index in [0.717, 1.165) is 30.2 Å². The van der Waals surface area contributed by atoms with Crippen LogP contribution in [0, 0.1) is 5.92 Å². The van der Waals surface area contributed by atoms with Crippen LogP contribution in [0.25, 0.3) is 0 Å². The molecule has 0 aromatic heterocycles. The Morgan fingerprint density at radius 1 is 1.33 bits per heavy atom. The van der Waals surface area contributed by atoms with Gasteiger partial charge in [0, 0.05) is 16.8 Å². The summed E-state index contributed by atoms with van der Waals surface area (Å²) in [5.74, 6) is 0.731. The molecule has 1 fully saturated rings. The van der Waals surface area contributed by atoms with Gasteiger partial charge in [-0.3, -0.25) is 4.79 Å². The monoisotopic (exact) mass is 266 g/mol. The van der Waals surface area contributed by atoms with Crippen molar-refractivity contribution in [2.24, 2.45) is 5.92 Å². The predicted octanol–water partition coefficient (Wildman–Crippen LogP) is 3.75. The molecule has 0 radical (unpaired) electrons. The molecule has 0 aliphatic heterocycles. The first-order valence-corrected chi connectivity index (χ1v) is 6.32. The smallest absolute Gasteiger partial charge is 0.136 e. The first kappa shape index (κ1) is 10.9. The summed E-state index contributed by atoms with van der Waals surface area (Å²) in [4.78, 5) is 11.7. The molecular weight excluding hydrogens is 252 g/mol. The first-order valence-electron chi connectivity index (χ1n) is 5.53. The third-order valence-electron chi connectivity index (χ3n) is 3.05. The lowest BCUT2D eigenvalue weighted by Crippen LogP contribution is -2.20. The molecule has 1 nitrogen and oxygen atoms in total. The van der Waals surface area contributed by atoms with E-state index in [1.54, 1.807) is 0 Å². The van der Waals surface area contributed by atoms with Gasteiger partial charge >= 0.3 is 0 Å². The molecule has 0 heterocycles. The second-order valence-corrected chi connectivity index (χ2v) is 5.16. The van der Waals surface area contributed by atoms with Crippen molar-refractivity contribution in [2.75, 3.05) is 0 Å². The summed E-state index contributed by atoms with van der Waals surface area (Å²) in [5, 5.41) is 0. The molecule has 1 aromatic rings. The first-order chi connectivity index (χ1) is 7.25. The van der Waals surface area contributed by atoms with Crippen molar-refractivity contribution in [2.45, 2.75) is 32.1 Å². The molecule has 0 bridgehead atoms. The van der Waals surface area contributed by atoms with Gasteiger partial charge < -0.3 is 0 Å². The van der Waals surface area contributed by atoms with Gasteiger partial charge in [-0.2, -0.15) is 0 Å². The highest BCUT2D eigenvalue weighted by molar-refractivity contribution is 9.10. The summed E-state index contributed by atoms with van der Waals surface area (Å²) < 4.78 is 1.10. The zero-order chi connectivity index (χ0) is 10.7. The van der Waals surface area contributed by atoms with Crippen LogP contribution in [0.3, 0.4) is 0 Å². The van der Waals surface area contributed by atoms with E-state index in [-0.39, 0.29) is 5.92 Å². The average Bonchev–Trinajstić information content (AvgIpc) is 2.22. The lowest BCUT2D eigenvalue weighted by Gasteiger charge is -2.20. The van der Waals surface area contributed by atoms with E-state index in [9.17, 15) is 4.79 Å². The van der Waals surface area contributed by atoms with Crippen LogP contribution in [0.5, 0.6) is 0 Å². The zero-order valence-electron chi connectivity index (χ0n) is 8.71. The summed E-state index contributed by atoms with van der Waals surface area (Å²) in [6.07, 6.45) is 5.08. The maximum atomic E-state index is 11.7. The van der Waals surface area contributed by atoms with E-state index in [1.165, 1.54) is 12.0 Å². The van der Waals surface area contributed by atoms with Gasteiger partial charge in [-0.1, -0.05) is 34.5 Å². The molecule has 1 aliphatic carbocycles. The van der Waals surface area contributed by atoms with Gasteiger partial charge in [0.15, 0.2) is 0 Å². The highest BCUT2D eigenvalue weighted by atomic mass is 79.9. The molecule has 0 amide bonds. The zero-order valence-corrected chi connectivity index (χ0v) is 10.3. The highest BCUT2D eigenvalue weighted by Crippen LogP contribution is 2.25. The molecule has 0 unspecified atom stereocenters. The third-order valence-corrected chi connectivity index (χ3v) is 3.55. The minimum atomic E-state index is 0.271. The van der Waals surface area contributed by atoms with Crippen LogP contribution in [0.2, 0.25) is 0 Å². The number of hydrogen-bond donors (Lipinski definition) is 0. The molecule has 0 saturated heterocycles. The highest BCUT2D eigenvalue weighted by Gasteiger charge is 2.22. The van der Waals surface area contributed by atoms with Crippen molar-refractivity contribution in [3.05, 3.63) is 34.3 Å². The normalized spacial score (nSPS) is 21.7. The van der Waals surface area contributed by atoms with E-state index >= 15 is 0 Å². The van der Waals surface area contributed by atoms with Crippen LogP contribution in [-0.2, 0) is 11.2 Å². The SMILES string of the molecule is O=C1CCCC[C@H]1Cc1cccc(Br)c1. The molecule has 80 valence electrons. The molecule has 15 heavy (non-hydrogen) atoms. The van der Waals surface area contributed by atoms with E-state index in [1.807, 2.05) is 12.1 Å². The largest absolute Gasteiger partial charge is 0.299 e. The van der Waals surface area contributed by atoms with E-state index in [4.69, 9.17) is 0 Å². The van der Waals surface area contributed by atoms with Gasteiger partial charge in [-0.25, -0.2) is 0 Å². The van der Waals surface area contributed by atoms with Crippen molar-refractivity contribution in [1.82, 2.24) is 0 Å². The van der Waals surface area contributed by atoms with Crippen LogP contribution in [0.15, 0.2) is 28.7 Å². The van der Waals surface area contributed by atoms with Gasteiger partial charge in [0.2, 0.25) is 0 Å². The third kappa shape index (κ3) is 2.91. The number of carbonyl (C=O) groups is 1. The molecule has 0 spiro atoms. The van der Waals surface area contributed by atoms with Gasteiger partial charge in [0.05, 0.1) is 0 Å². The Morgan fingerprint density at radius 2 is 2.20 bits per heavy atom. The maximum absolute atomic E-state index is 11.7. The lowest BCUT2D eigenvalue weighted by molar-refractivity contribution is -0.124. The van der Waals surface area contributed by atoms with Crippen molar-refractivity contribution in [3.8, 4) is 0 Å². The molecule has 1 aromatic carbocycles. The predicted molar refractivity (Wildman–Crippen MR) is 64.8 cm³/mol. The molecular formula is C13H15BrO. The summed E-state index contributed by atoms with van der Waals surface area (Å²) in [6.45, 7) is 0. The Kier molecular flexibility index (Phi) is 3.57. The fraction of sp³-hybridized carbons (Fsp3) is 0.462. The lowest BCUT2D eigenvalue weighted by atomic mass is 9.84. The van der Waals surface area contributed by atoms with Crippen LogP contribution in [0.1, 0.15) is 31.2 Å². The Morgan fingerprint density at radius 3 is 2.93 bits per heavy atom. The van der Waals surface area contributed by atoms with Crippen LogP contribution in [-0.4, -0.2) is 5.78 Å². The van der Waals surface area contributed by atoms with Crippen LogP contribution >= 0.6 is 15.9 Å². The Hall–Kier alpha value is -0.630. The Labute approximate surface area is 99.0 Å². The molecule has 1 atom stereocenters. The number of ketones is 1. The summed E-state index contributed by atoms with van der Waals surface area (Å²) in [5.41, 5.74) is 1.27. The maximum Gasteiger partial charge on any atom is 0.136 e. The molecule has 2 heteroatoms. The second kappa shape index (κ2) is 4.93. The summed E-state index contributed by atoms with van der Waals surface area (Å²) in [7, 11) is 0. The van der Waals surface area contributed by atoms with Gasteiger partial charge in [-0.05, 0) is 37.0 Å². The van der Waals surface area contributed by atoms with Crippen molar-refractivity contribution >= 4 is 21.7 Å². The average molecular weight is 267 g/mol. The van der Waals surface area contributed by atoms with Crippen molar-refractivity contribution in [3.63, 3.8) is 0 Å². The summed E-state index contributed by atoms with van der Waals surface area (Å²) in [6, 6.07) is 8.27. The molecule has 1 aliphatic rings. The number of Topliss-reactive ketones (excluding diaryl/α,β-unsaturated/α-hetero) is 1. The van der Waals surface area contributed by atoms with E-state index in [0.29, 0.717) is 5.78 Å². The minimum Gasteiger partial charge on any atom is -0.299 e. The minimum absolute atomic E-state index is 0.271. The van der Waals surface area contributed by atoms with Crippen LogP contribution in [0.4, 0.5) is 0 Å². The number of benzene rings is 1. The Balaban J connectivity index is 2.04. The van der Waals surface area contributed by atoms with E-state index in [2.05, 4.69) is 28.1 Å².